The molecule has 1 aliphatic carbocycles. The number of carbonyl (C=O) groups excluding carboxylic acids is 1. The van der Waals surface area contributed by atoms with E-state index in [4.69, 9.17) is 9.84 Å². The van der Waals surface area contributed by atoms with Crippen LogP contribution < -0.4 is 15.0 Å². The maximum absolute atomic E-state index is 13.1. The standard InChI is InChI=1S/C25H34N4O2/c1-3-14-31-24-21(19-15-27-28(16-19)20-10-12-26-13-11-20)8-9-23-22(24)7-4-17(2)29(23)25(30)18-5-6-18/h8-9,15-18,20,26H,3-7,10-14H2,1-2H3. The van der Waals surface area contributed by atoms with Crippen LogP contribution >= 0.6 is 0 Å². The fraction of sp³-hybridized carbons (Fsp3) is 0.600. The van der Waals surface area contributed by atoms with Gasteiger partial charge in [0.2, 0.25) is 5.91 Å². The quantitative estimate of drug-likeness (QED) is 0.752. The number of carbonyl (C=O) groups is 1. The maximum atomic E-state index is 13.1. The van der Waals surface area contributed by atoms with Gasteiger partial charge in [0, 0.05) is 34.8 Å². The third-order valence-corrected chi connectivity index (χ3v) is 6.96. The van der Waals surface area contributed by atoms with Gasteiger partial charge in [-0.1, -0.05) is 6.92 Å². The maximum Gasteiger partial charge on any atom is 0.230 e. The number of nitrogens with one attached hydrogen (secondary N) is 1. The normalized spacial score (nSPS) is 21.7. The van der Waals surface area contributed by atoms with Crippen LogP contribution in [-0.4, -0.2) is 41.4 Å². The summed E-state index contributed by atoms with van der Waals surface area (Å²) in [7, 11) is 0. The lowest BCUT2D eigenvalue weighted by atomic mass is 9.92. The second-order valence-corrected chi connectivity index (χ2v) is 9.35. The molecule has 2 aliphatic heterocycles. The molecule has 1 N–H and O–H groups in total. The van der Waals surface area contributed by atoms with Gasteiger partial charge in [-0.05, 0) is 77.1 Å². The SMILES string of the molecule is CCCOc1c(-c2cnn(C3CCNCC3)c2)ccc2c1CCC(C)N2C(=O)C1CC1. The van der Waals surface area contributed by atoms with Crippen LogP contribution in [0.5, 0.6) is 5.75 Å². The highest BCUT2D eigenvalue weighted by Gasteiger charge is 2.39. The Kier molecular flexibility index (Phi) is 5.74. The summed E-state index contributed by atoms with van der Waals surface area (Å²) >= 11 is 0. The van der Waals surface area contributed by atoms with Crippen LogP contribution in [0.2, 0.25) is 0 Å². The second kappa shape index (κ2) is 8.65. The van der Waals surface area contributed by atoms with Crippen molar-refractivity contribution in [3.05, 3.63) is 30.1 Å². The molecule has 0 radical (unpaired) electrons. The zero-order valence-electron chi connectivity index (χ0n) is 18.8. The summed E-state index contributed by atoms with van der Waals surface area (Å²) in [6.07, 6.45) is 11.3. The van der Waals surface area contributed by atoms with E-state index in [9.17, 15) is 4.79 Å². The number of anilines is 1. The van der Waals surface area contributed by atoms with Crippen molar-refractivity contribution in [1.29, 1.82) is 0 Å². The Morgan fingerprint density at radius 3 is 2.74 bits per heavy atom. The van der Waals surface area contributed by atoms with Crippen molar-refractivity contribution in [2.75, 3.05) is 24.6 Å². The number of amides is 1. The molecule has 1 aromatic carbocycles. The van der Waals surface area contributed by atoms with Crippen molar-refractivity contribution in [2.24, 2.45) is 5.92 Å². The molecular weight excluding hydrogens is 388 g/mol. The van der Waals surface area contributed by atoms with E-state index in [1.165, 1.54) is 5.56 Å². The Morgan fingerprint density at radius 1 is 1.19 bits per heavy atom. The first kappa shape index (κ1) is 20.6. The molecule has 1 aromatic heterocycles. The van der Waals surface area contributed by atoms with Gasteiger partial charge < -0.3 is 15.0 Å². The minimum absolute atomic E-state index is 0.219. The molecule has 6 nitrogen and oxygen atoms in total. The molecule has 2 fully saturated rings. The van der Waals surface area contributed by atoms with Crippen LogP contribution in [0.1, 0.15) is 64.0 Å². The number of fused-ring (bicyclic) bond motifs is 1. The summed E-state index contributed by atoms with van der Waals surface area (Å²) in [6.45, 7) is 7.08. The zero-order valence-corrected chi connectivity index (χ0v) is 18.8. The van der Waals surface area contributed by atoms with Crippen molar-refractivity contribution in [3.63, 3.8) is 0 Å². The predicted molar refractivity (Wildman–Crippen MR) is 123 cm³/mol. The minimum atomic E-state index is 0.219. The van der Waals surface area contributed by atoms with E-state index in [1.807, 2.05) is 6.20 Å². The van der Waals surface area contributed by atoms with E-state index in [0.29, 0.717) is 18.6 Å². The van der Waals surface area contributed by atoms with Crippen LogP contribution in [0.25, 0.3) is 11.1 Å². The lowest BCUT2D eigenvalue weighted by Crippen LogP contribution is -2.43. The Bertz CT molecular complexity index is 943. The molecule has 1 saturated heterocycles. The number of aromatic nitrogens is 2. The third kappa shape index (κ3) is 3.98. The van der Waals surface area contributed by atoms with Gasteiger partial charge in [0.25, 0.3) is 0 Å². The summed E-state index contributed by atoms with van der Waals surface area (Å²) in [6, 6.07) is 4.98. The number of ether oxygens (including phenoxy) is 1. The molecular formula is C25H34N4O2. The lowest BCUT2D eigenvalue weighted by molar-refractivity contribution is -0.120. The molecule has 3 heterocycles. The number of rotatable bonds is 6. The molecule has 5 rings (SSSR count). The van der Waals surface area contributed by atoms with Gasteiger partial charge >= 0.3 is 0 Å². The summed E-state index contributed by atoms with van der Waals surface area (Å²) in [5.41, 5.74) is 4.44. The summed E-state index contributed by atoms with van der Waals surface area (Å²) in [5, 5.41) is 8.13. The van der Waals surface area contributed by atoms with Gasteiger partial charge in [-0.15, -0.1) is 0 Å². The molecule has 31 heavy (non-hydrogen) atoms. The van der Waals surface area contributed by atoms with Crippen molar-refractivity contribution in [1.82, 2.24) is 15.1 Å². The minimum Gasteiger partial charge on any atom is -0.493 e. The van der Waals surface area contributed by atoms with E-state index in [2.05, 4.69) is 47.1 Å². The van der Waals surface area contributed by atoms with Gasteiger partial charge in [0.1, 0.15) is 5.75 Å². The third-order valence-electron chi connectivity index (χ3n) is 6.96. The Hall–Kier alpha value is -2.34. The van der Waals surface area contributed by atoms with Crippen molar-refractivity contribution in [2.45, 2.75) is 70.9 Å². The number of benzene rings is 1. The average Bonchev–Trinajstić information content (AvgIpc) is 3.54. The smallest absolute Gasteiger partial charge is 0.230 e. The topological polar surface area (TPSA) is 59.4 Å². The van der Waals surface area contributed by atoms with Crippen LogP contribution in [0, 0.1) is 5.92 Å². The van der Waals surface area contributed by atoms with Gasteiger partial charge in [0.15, 0.2) is 0 Å². The largest absolute Gasteiger partial charge is 0.493 e. The fourth-order valence-corrected chi connectivity index (χ4v) is 5.01. The van der Waals surface area contributed by atoms with Crippen molar-refractivity contribution in [3.8, 4) is 16.9 Å². The molecule has 1 saturated carbocycles. The number of hydrogen-bond acceptors (Lipinski definition) is 4. The van der Waals surface area contributed by atoms with Crippen molar-refractivity contribution >= 4 is 11.6 Å². The number of piperidine rings is 1. The molecule has 2 aromatic rings. The molecule has 1 atom stereocenters. The highest BCUT2D eigenvalue weighted by molar-refractivity contribution is 5.99. The summed E-state index contributed by atoms with van der Waals surface area (Å²) < 4.78 is 8.48. The predicted octanol–water partition coefficient (Wildman–Crippen LogP) is 4.34. The Balaban J connectivity index is 1.52. The Labute approximate surface area is 185 Å². The molecule has 166 valence electrons. The van der Waals surface area contributed by atoms with Crippen LogP contribution in [0.15, 0.2) is 24.5 Å². The molecule has 3 aliphatic rings. The second-order valence-electron chi connectivity index (χ2n) is 9.35. The van der Waals surface area contributed by atoms with E-state index in [0.717, 1.165) is 80.6 Å². The highest BCUT2D eigenvalue weighted by atomic mass is 16.5. The molecule has 0 spiro atoms. The van der Waals surface area contributed by atoms with Crippen LogP contribution in [0.3, 0.4) is 0 Å². The van der Waals surface area contributed by atoms with Gasteiger partial charge in [-0.3, -0.25) is 9.48 Å². The first-order valence-electron chi connectivity index (χ1n) is 12.0. The van der Waals surface area contributed by atoms with Gasteiger partial charge in [-0.25, -0.2) is 0 Å². The molecule has 1 unspecified atom stereocenters. The summed E-state index contributed by atoms with van der Waals surface area (Å²) in [5.74, 6) is 1.46. The molecule has 0 bridgehead atoms. The number of hydrogen-bond donors (Lipinski definition) is 1. The molecule has 6 heteroatoms. The first-order valence-corrected chi connectivity index (χ1v) is 12.0. The number of nitrogens with zero attached hydrogens (tertiary/aromatic N) is 3. The van der Waals surface area contributed by atoms with Crippen LogP contribution in [-0.2, 0) is 11.2 Å². The van der Waals surface area contributed by atoms with Gasteiger partial charge in [-0.2, -0.15) is 5.10 Å². The summed E-state index contributed by atoms with van der Waals surface area (Å²) in [4.78, 5) is 15.1. The highest BCUT2D eigenvalue weighted by Crippen LogP contribution is 2.45. The lowest BCUT2D eigenvalue weighted by Gasteiger charge is -2.36. The van der Waals surface area contributed by atoms with Crippen molar-refractivity contribution < 1.29 is 9.53 Å². The van der Waals surface area contributed by atoms with Gasteiger partial charge in [0.05, 0.1) is 24.5 Å². The van der Waals surface area contributed by atoms with E-state index in [1.54, 1.807) is 0 Å². The first-order chi connectivity index (χ1) is 15.2. The monoisotopic (exact) mass is 422 g/mol. The zero-order chi connectivity index (χ0) is 21.4. The van der Waals surface area contributed by atoms with Crippen LogP contribution in [0.4, 0.5) is 5.69 Å². The average molecular weight is 423 g/mol. The Morgan fingerprint density at radius 2 is 2.00 bits per heavy atom. The van der Waals surface area contributed by atoms with E-state index >= 15 is 0 Å². The van der Waals surface area contributed by atoms with E-state index in [-0.39, 0.29) is 12.0 Å². The fourth-order valence-electron chi connectivity index (χ4n) is 5.01. The molecule has 1 amide bonds. The van der Waals surface area contributed by atoms with E-state index < -0.39 is 0 Å².